The Hall–Kier alpha value is -3.81. The summed E-state index contributed by atoms with van der Waals surface area (Å²) in [4.78, 5) is 0. The van der Waals surface area contributed by atoms with Crippen LogP contribution in [0.4, 0.5) is 5.69 Å². The summed E-state index contributed by atoms with van der Waals surface area (Å²) in [5.74, 6) is 0.517. The van der Waals surface area contributed by atoms with E-state index in [2.05, 4.69) is 46.6 Å². The van der Waals surface area contributed by atoms with Crippen molar-refractivity contribution in [3.63, 3.8) is 0 Å². The second-order valence-electron chi connectivity index (χ2n) is 4.02. The zero-order chi connectivity index (χ0) is 15.4. The van der Waals surface area contributed by atoms with Crippen LogP contribution in [0.25, 0.3) is 17.0 Å². The summed E-state index contributed by atoms with van der Waals surface area (Å²) < 4.78 is 0. The Morgan fingerprint density at radius 3 is 2.73 bits per heavy atom. The maximum Gasteiger partial charge on any atom is 0.216 e. The Labute approximate surface area is 122 Å². The van der Waals surface area contributed by atoms with Gasteiger partial charge in [-0.05, 0) is 28.6 Å². The van der Waals surface area contributed by atoms with Gasteiger partial charge in [-0.3, -0.25) is 0 Å². The number of phenolic OH excluding ortho intramolecular Hbond substituents is 1. The third kappa shape index (κ3) is 2.56. The van der Waals surface area contributed by atoms with E-state index in [1.165, 1.54) is 12.3 Å². The number of phenols is 1. The zero-order valence-electron chi connectivity index (χ0n) is 10.9. The van der Waals surface area contributed by atoms with Crippen LogP contribution >= 0.6 is 0 Å². The minimum Gasteiger partial charge on any atom is -0.506 e. The highest BCUT2D eigenvalue weighted by atomic mass is 16.3. The van der Waals surface area contributed by atoms with Crippen LogP contribution in [0.5, 0.6) is 5.75 Å². The number of hydrogen-bond acceptors (Lipinski definition) is 9. The number of allylic oxidation sites excluding steroid dienone is 1. The van der Waals surface area contributed by atoms with Crippen molar-refractivity contribution >= 4 is 11.3 Å². The van der Waals surface area contributed by atoms with E-state index in [0.717, 1.165) is 0 Å². The Morgan fingerprint density at radius 2 is 2.05 bits per heavy atom. The zero-order valence-corrected chi connectivity index (χ0v) is 10.9. The molecule has 0 saturated carbocycles. The van der Waals surface area contributed by atoms with Gasteiger partial charge in [0.2, 0.25) is 11.6 Å². The molecule has 0 aliphatic carbocycles. The first kappa shape index (κ1) is 13.2. The molecule has 0 aliphatic heterocycles. The Bertz CT molecular complexity index is 830. The average Bonchev–Trinajstić information content (AvgIpc) is 3.23. The number of H-pyrrole nitrogens is 2. The lowest BCUT2D eigenvalue weighted by molar-refractivity contribution is 0.478. The molecule has 22 heavy (non-hydrogen) atoms. The molecule has 2 aromatic heterocycles. The number of aromatic hydroxyl groups is 1. The second-order valence-corrected chi connectivity index (χ2v) is 4.02. The molecule has 0 amide bonds. The van der Waals surface area contributed by atoms with Crippen molar-refractivity contribution in [2.45, 2.75) is 0 Å². The summed E-state index contributed by atoms with van der Waals surface area (Å²) in [5, 5.41) is 48.3. The van der Waals surface area contributed by atoms with Gasteiger partial charge in [-0.15, -0.1) is 20.4 Å². The van der Waals surface area contributed by atoms with Crippen LogP contribution in [0.2, 0.25) is 0 Å². The molecule has 0 spiro atoms. The highest BCUT2D eigenvalue weighted by molar-refractivity contribution is 5.76. The average molecular weight is 296 g/mol. The van der Waals surface area contributed by atoms with Crippen LogP contribution in [0.1, 0.15) is 5.82 Å². The van der Waals surface area contributed by atoms with E-state index in [1.807, 2.05) is 6.07 Å². The molecule has 4 N–H and O–H groups in total. The fourth-order valence-electron chi connectivity index (χ4n) is 1.65. The van der Waals surface area contributed by atoms with Crippen molar-refractivity contribution in [3.8, 4) is 23.2 Å². The topological polar surface area (TPSA) is 165 Å². The summed E-state index contributed by atoms with van der Waals surface area (Å²) in [6, 6.07) is 6.65. The largest absolute Gasteiger partial charge is 0.506 e. The van der Waals surface area contributed by atoms with E-state index in [9.17, 15) is 5.11 Å². The summed E-state index contributed by atoms with van der Waals surface area (Å²) >= 11 is 0. The van der Waals surface area contributed by atoms with Gasteiger partial charge < -0.3 is 10.4 Å². The SMILES string of the molecule is N#CC(=CNc1cc(-c2nn[nH]n2)ccc1O)c1nn[nH]n1. The van der Waals surface area contributed by atoms with Gasteiger partial charge in [0.15, 0.2) is 0 Å². The number of hydrogen-bond donors (Lipinski definition) is 4. The van der Waals surface area contributed by atoms with Gasteiger partial charge in [-0.2, -0.15) is 15.7 Å². The standard InChI is InChI=1S/C11H8N10O/c12-4-7(11-16-20-21-17-11)5-13-8-3-6(1-2-9(8)22)10-14-18-19-15-10/h1-3,5,13,22H,(H,14,15,18,19)(H,16,17,20,21). The van der Waals surface area contributed by atoms with E-state index >= 15 is 0 Å². The number of benzene rings is 1. The lowest BCUT2D eigenvalue weighted by atomic mass is 10.1. The fourth-order valence-corrected chi connectivity index (χ4v) is 1.65. The first-order valence-corrected chi connectivity index (χ1v) is 5.95. The molecule has 108 valence electrons. The van der Waals surface area contributed by atoms with Crippen LogP contribution in [0.3, 0.4) is 0 Å². The van der Waals surface area contributed by atoms with Crippen molar-refractivity contribution in [1.82, 2.24) is 41.2 Å². The Kier molecular flexibility index (Phi) is 3.40. The third-order valence-electron chi connectivity index (χ3n) is 2.68. The molecule has 0 fully saturated rings. The van der Waals surface area contributed by atoms with E-state index in [0.29, 0.717) is 17.1 Å². The highest BCUT2D eigenvalue weighted by Crippen LogP contribution is 2.28. The molecule has 0 saturated heterocycles. The Balaban J connectivity index is 1.89. The molecule has 0 atom stereocenters. The van der Waals surface area contributed by atoms with Crippen molar-refractivity contribution in [3.05, 3.63) is 30.2 Å². The minimum absolute atomic E-state index is 0.00565. The number of tetrazole rings is 2. The van der Waals surface area contributed by atoms with Gasteiger partial charge in [0.25, 0.3) is 0 Å². The van der Waals surface area contributed by atoms with Crippen LogP contribution in [-0.2, 0) is 0 Å². The molecule has 3 rings (SSSR count). The predicted molar refractivity (Wildman–Crippen MR) is 72.7 cm³/mol. The first-order chi connectivity index (χ1) is 10.8. The second kappa shape index (κ2) is 5.67. The minimum atomic E-state index is -0.00565. The van der Waals surface area contributed by atoms with Crippen molar-refractivity contribution in [2.24, 2.45) is 0 Å². The van der Waals surface area contributed by atoms with E-state index in [4.69, 9.17) is 5.26 Å². The molecular formula is C11H8N10O. The van der Waals surface area contributed by atoms with Crippen LogP contribution < -0.4 is 5.32 Å². The normalized spacial score (nSPS) is 11.1. The van der Waals surface area contributed by atoms with E-state index in [1.54, 1.807) is 12.1 Å². The quantitative estimate of drug-likeness (QED) is 0.384. The summed E-state index contributed by atoms with van der Waals surface area (Å²) in [6.45, 7) is 0. The lowest BCUT2D eigenvalue weighted by Crippen LogP contribution is -1.94. The van der Waals surface area contributed by atoms with Crippen molar-refractivity contribution < 1.29 is 5.11 Å². The lowest BCUT2D eigenvalue weighted by Gasteiger charge is -2.05. The number of nitriles is 1. The molecule has 0 aliphatic rings. The molecule has 11 heteroatoms. The fraction of sp³-hybridized carbons (Fsp3) is 0. The molecule has 2 heterocycles. The molecule has 0 bridgehead atoms. The number of aromatic amines is 2. The third-order valence-corrected chi connectivity index (χ3v) is 2.68. The summed E-state index contributed by atoms with van der Waals surface area (Å²) in [6.07, 6.45) is 1.36. The number of nitrogens with zero attached hydrogens (tertiary/aromatic N) is 7. The van der Waals surface area contributed by atoms with Gasteiger partial charge in [-0.1, -0.05) is 0 Å². The Morgan fingerprint density at radius 1 is 1.23 bits per heavy atom. The molecular weight excluding hydrogens is 288 g/mol. The number of nitrogens with one attached hydrogen (secondary N) is 3. The molecule has 11 nitrogen and oxygen atoms in total. The molecule has 3 aromatic rings. The van der Waals surface area contributed by atoms with E-state index in [-0.39, 0.29) is 17.1 Å². The smallest absolute Gasteiger partial charge is 0.216 e. The summed E-state index contributed by atoms with van der Waals surface area (Å²) in [7, 11) is 0. The van der Waals surface area contributed by atoms with Gasteiger partial charge in [0.1, 0.15) is 17.4 Å². The van der Waals surface area contributed by atoms with Crippen molar-refractivity contribution in [1.29, 1.82) is 5.26 Å². The molecule has 0 unspecified atom stereocenters. The highest BCUT2D eigenvalue weighted by Gasteiger charge is 2.09. The van der Waals surface area contributed by atoms with E-state index < -0.39 is 0 Å². The van der Waals surface area contributed by atoms with Gasteiger partial charge in [0.05, 0.1) is 5.69 Å². The van der Waals surface area contributed by atoms with Gasteiger partial charge >= 0.3 is 0 Å². The van der Waals surface area contributed by atoms with Crippen LogP contribution in [0, 0.1) is 11.3 Å². The van der Waals surface area contributed by atoms with Crippen LogP contribution in [0.15, 0.2) is 24.4 Å². The number of rotatable bonds is 4. The van der Waals surface area contributed by atoms with Gasteiger partial charge in [-0.25, -0.2) is 0 Å². The number of anilines is 1. The van der Waals surface area contributed by atoms with Gasteiger partial charge in [0, 0.05) is 11.8 Å². The monoisotopic (exact) mass is 296 g/mol. The van der Waals surface area contributed by atoms with Crippen LogP contribution in [-0.4, -0.2) is 46.4 Å². The molecule has 0 radical (unpaired) electrons. The maximum absolute atomic E-state index is 9.86. The maximum atomic E-state index is 9.86. The first-order valence-electron chi connectivity index (χ1n) is 5.95. The number of aromatic nitrogens is 8. The predicted octanol–water partition coefficient (Wildman–Crippen LogP) is 0.0620. The van der Waals surface area contributed by atoms with Crippen molar-refractivity contribution in [2.75, 3.05) is 5.32 Å². The molecule has 1 aromatic carbocycles. The summed E-state index contributed by atoms with van der Waals surface area (Å²) in [5.41, 5.74) is 1.15.